The summed E-state index contributed by atoms with van der Waals surface area (Å²) in [5.41, 5.74) is 1.04. The van der Waals surface area contributed by atoms with Gasteiger partial charge >= 0.3 is 6.18 Å². The number of likely N-dealkylation sites (N-methyl/N-ethyl adjacent to an activating group) is 1. The van der Waals surface area contributed by atoms with E-state index in [2.05, 4.69) is 16.5 Å². The van der Waals surface area contributed by atoms with Gasteiger partial charge in [-0.3, -0.25) is 4.79 Å². The highest BCUT2D eigenvalue weighted by atomic mass is 32.2. The van der Waals surface area contributed by atoms with E-state index in [0.717, 1.165) is 17.3 Å². The van der Waals surface area contributed by atoms with E-state index in [4.69, 9.17) is 0 Å². The third-order valence-corrected chi connectivity index (χ3v) is 4.33. The maximum atomic E-state index is 13.0. The van der Waals surface area contributed by atoms with Crippen LogP contribution in [-0.2, 0) is 11.0 Å². The van der Waals surface area contributed by atoms with Gasteiger partial charge in [-0.15, -0.1) is 0 Å². The zero-order valence-electron chi connectivity index (χ0n) is 13.9. The van der Waals surface area contributed by atoms with Crippen LogP contribution in [0.15, 0.2) is 41.4 Å². The molecule has 1 aromatic heterocycles. The summed E-state index contributed by atoms with van der Waals surface area (Å²) in [4.78, 5) is 21.1. The summed E-state index contributed by atoms with van der Waals surface area (Å²) in [5.74, 6) is -1.37. The smallest absolute Gasteiger partial charge is 0.338 e. The Bertz CT molecular complexity index is 792. The molecule has 0 saturated carbocycles. The lowest BCUT2D eigenvalue weighted by Gasteiger charge is -2.20. The molecule has 1 amide bonds. The minimum Gasteiger partial charge on any atom is -0.338 e. The van der Waals surface area contributed by atoms with Crippen molar-refractivity contribution in [2.75, 3.05) is 18.8 Å². The number of carbonyl (C=O) groups excluding carboxylic acids is 1. The highest BCUT2D eigenvalue weighted by Crippen LogP contribution is 2.32. The Morgan fingerprint density at radius 2 is 1.96 bits per heavy atom. The second-order valence-corrected chi connectivity index (χ2v) is 6.49. The highest BCUT2D eigenvalue weighted by Gasteiger charge is 2.35. The van der Waals surface area contributed by atoms with Gasteiger partial charge in [0.1, 0.15) is 5.03 Å². The van der Waals surface area contributed by atoms with Crippen LogP contribution in [0.5, 0.6) is 0 Å². The number of halogens is 3. The number of rotatable bonds is 6. The van der Waals surface area contributed by atoms with Crippen molar-refractivity contribution < 1.29 is 18.0 Å². The van der Waals surface area contributed by atoms with E-state index < -0.39 is 12.0 Å². The van der Waals surface area contributed by atoms with Crippen molar-refractivity contribution >= 4 is 28.6 Å². The highest BCUT2D eigenvalue weighted by molar-refractivity contribution is 8.00. The number of benzene rings is 1. The second kappa shape index (κ2) is 7.86. The number of hydrogen-bond donors (Lipinski definition) is 0. The number of hydrogen-bond acceptors (Lipinski definition) is 4. The van der Waals surface area contributed by atoms with Crippen molar-refractivity contribution in [2.45, 2.75) is 25.0 Å². The number of aromatic nitrogens is 2. The standard InChI is InChI=1S/C17H18F3N3OS/c1-4-23(9-11(2)3)14(24)10-25-15-12-7-5-6-8-13(12)21-16(22-15)17(18,19)20/h5-8H,2,4,9-10H2,1,3H3. The third-order valence-electron chi connectivity index (χ3n) is 3.35. The van der Waals surface area contributed by atoms with Crippen molar-refractivity contribution in [3.63, 3.8) is 0 Å². The average Bonchev–Trinajstić information content (AvgIpc) is 2.55. The zero-order chi connectivity index (χ0) is 18.6. The quantitative estimate of drug-likeness (QED) is 0.436. The van der Waals surface area contributed by atoms with Crippen LogP contribution in [0.25, 0.3) is 10.9 Å². The molecule has 0 saturated heterocycles. The maximum absolute atomic E-state index is 13.0. The summed E-state index contributed by atoms with van der Waals surface area (Å²) < 4.78 is 39.0. The molecule has 2 rings (SSSR count). The minimum atomic E-state index is -4.64. The number of thioether (sulfide) groups is 1. The van der Waals surface area contributed by atoms with E-state index in [9.17, 15) is 18.0 Å². The van der Waals surface area contributed by atoms with Crippen molar-refractivity contribution in [2.24, 2.45) is 0 Å². The molecule has 0 aliphatic rings. The predicted octanol–water partition coefficient (Wildman–Crippen LogP) is 4.17. The molecule has 0 bridgehead atoms. The lowest BCUT2D eigenvalue weighted by Crippen LogP contribution is -2.33. The van der Waals surface area contributed by atoms with Crippen LogP contribution in [0.4, 0.5) is 13.2 Å². The first kappa shape index (κ1) is 19.2. The number of para-hydroxylation sites is 1. The van der Waals surface area contributed by atoms with Crippen molar-refractivity contribution in [1.29, 1.82) is 0 Å². The molecule has 1 aromatic carbocycles. The van der Waals surface area contributed by atoms with Crippen LogP contribution in [0, 0.1) is 0 Å². The Balaban J connectivity index is 2.28. The molecule has 0 N–H and O–H groups in total. The van der Waals surface area contributed by atoms with Gasteiger partial charge in [-0.1, -0.05) is 42.1 Å². The summed E-state index contributed by atoms with van der Waals surface area (Å²) in [5, 5.41) is 0.647. The Morgan fingerprint density at radius 1 is 1.28 bits per heavy atom. The average molecular weight is 369 g/mol. The first-order valence-corrected chi connectivity index (χ1v) is 8.60. The van der Waals surface area contributed by atoms with E-state index in [1.165, 1.54) is 6.07 Å². The number of amides is 1. The van der Waals surface area contributed by atoms with Crippen LogP contribution < -0.4 is 0 Å². The van der Waals surface area contributed by atoms with Crippen LogP contribution in [0.2, 0.25) is 0 Å². The first-order valence-electron chi connectivity index (χ1n) is 7.61. The Labute approximate surface area is 148 Å². The van der Waals surface area contributed by atoms with E-state index in [1.807, 2.05) is 13.8 Å². The zero-order valence-corrected chi connectivity index (χ0v) is 14.7. The van der Waals surface area contributed by atoms with Crippen molar-refractivity contribution in [3.8, 4) is 0 Å². The van der Waals surface area contributed by atoms with Gasteiger partial charge in [0.05, 0.1) is 11.3 Å². The lowest BCUT2D eigenvalue weighted by atomic mass is 10.2. The fourth-order valence-corrected chi connectivity index (χ4v) is 3.13. The molecule has 134 valence electrons. The summed E-state index contributed by atoms with van der Waals surface area (Å²) in [6, 6.07) is 6.45. The molecule has 1 heterocycles. The molecule has 0 spiro atoms. The number of alkyl halides is 3. The number of fused-ring (bicyclic) bond motifs is 1. The summed E-state index contributed by atoms with van der Waals surface area (Å²) in [7, 11) is 0. The Hall–Kier alpha value is -2.09. The molecule has 4 nitrogen and oxygen atoms in total. The normalized spacial score (nSPS) is 11.6. The molecule has 0 aliphatic heterocycles. The molecule has 2 aromatic rings. The second-order valence-electron chi connectivity index (χ2n) is 5.52. The lowest BCUT2D eigenvalue weighted by molar-refractivity contribution is -0.145. The van der Waals surface area contributed by atoms with E-state index in [1.54, 1.807) is 23.1 Å². The summed E-state index contributed by atoms with van der Waals surface area (Å²) in [6.45, 7) is 8.36. The van der Waals surface area contributed by atoms with E-state index in [-0.39, 0.29) is 22.2 Å². The Morgan fingerprint density at radius 3 is 2.56 bits per heavy atom. The molecule has 0 aliphatic carbocycles. The minimum absolute atomic E-state index is 0.000571. The van der Waals surface area contributed by atoms with Crippen molar-refractivity contribution in [3.05, 3.63) is 42.2 Å². The molecular formula is C17H18F3N3OS. The molecule has 0 fully saturated rings. The van der Waals surface area contributed by atoms with Gasteiger partial charge in [0, 0.05) is 18.5 Å². The first-order chi connectivity index (χ1) is 11.7. The predicted molar refractivity (Wildman–Crippen MR) is 92.3 cm³/mol. The molecule has 0 radical (unpaired) electrons. The van der Waals surface area contributed by atoms with Gasteiger partial charge in [-0.2, -0.15) is 13.2 Å². The van der Waals surface area contributed by atoms with Gasteiger partial charge in [-0.05, 0) is 19.9 Å². The largest absolute Gasteiger partial charge is 0.451 e. The molecular weight excluding hydrogens is 351 g/mol. The van der Waals surface area contributed by atoms with Gasteiger partial charge in [-0.25, -0.2) is 9.97 Å². The van der Waals surface area contributed by atoms with Gasteiger partial charge in [0.25, 0.3) is 0 Å². The van der Waals surface area contributed by atoms with Gasteiger partial charge < -0.3 is 4.90 Å². The molecule has 25 heavy (non-hydrogen) atoms. The number of nitrogens with zero attached hydrogens (tertiary/aromatic N) is 3. The van der Waals surface area contributed by atoms with Crippen LogP contribution in [0.3, 0.4) is 0 Å². The van der Waals surface area contributed by atoms with E-state index >= 15 is 0 Å². The van der Waals surface area contributed by atoms with Crippen LogP contribution in [-0.4, -0.2) is 39.6 Å². The van der Waals surface area contributed by atoms with Crippen LogP contribution >= 0.6 is 11.8 Å². The van der Waals surface area contributed by atoms with Gasteiger partial charge in [0.15, 0.2) is 0 Å². The van der Waals surface area contributed by atoms with E-state index in [0.29, 0.717) is 18.5 Å². The molecule has 0 atom stereocenters. The van der Waals surface area contributed by atoms with Gasteiger partial charge in [0.2, 0.25) is 11.7 Å². The monoisotopic (exact) mass is 369 g/mol. The Kier molecular flexibility index (Phi) is 6.05. The summed E-state index contributed by atoms with van der Waals surface area (Å²) in [6.07, 6.45) is -4.64. The fraction of sp³-hybridized carbons (Fsp3) is 0.353. The maximum Gasteiger partial charge on any atom is 0.451 e. The topological polar surface area (TPSA) is 46.1 Å². The molecule has 0 unspecified atom stereocenters. The fourth-order valence-electron chi connectivity index (χ4n) is 2.21. The third kappa shape index (κ3) is 4.94. The van der Waals surface area contributed by atoms with Crippen LogP contribution in [0.1, 0.15) is 19.7 Å². The number of carbonyl (C=O) groups is 1. The molecule has 8 heteroatoms. The van der Waals surface area contributed by atoms with Crippen molar-refractivity contribution in [1.82, 2.24) is 14.9 Å². The summed E-state index contributed by atoms with van der Waals surface area (Å²) >= 11 is 0.987. The SMILES string of the molecule is C=C(C)CN(CC)C(=O)CSc1nc(C(F)(F)F)nc2ccccc12.